The summed E-state index contributed by atoms with van der Waals surface area (Å²) < 4.78 is 0. The number of hydrogen-bond acceptors (Lipinski definition) is 1. The lowest BCUT2D eigenvalue weighted by Gasteiger charge is -2.11. The second-order valence-corrected chi connectivity index (χ2v) is 4.76. The summed E-state index contributed by atoms with van der Waals surface area (Å²) in [5.74, 6) is 0. The third-order valence-corrected chi connectivity index (χ3v) is 3.17. The summed E-state index contributed by atoms with van der Waals surface area (Å²) in [6.07, 6.45) is 0. The highest BCUT2D eigenvalue weighted by molar-refractivity contribution is 6.33. The van der Waals surface area contributed by atoms with Crippen LogP contribution in [0.1, 0.15) is 11.1 Å². The van der Waals surface area contributed by atoms with E-state index in [-0.39, 0.29) is 0 Å². The number of aryl methyl sites for hydroxylation is 1. The molecule has 0 unspecified atom stereocenters. The molecule has 2 aromatic carbocycles. The minimum absolute atomic E-state index is 0.738. The number of anilines is 1. The van der Waals surface area contributed by atoms with Crippen molar-refractivity contribution in [2.75, 3.05) is 5.32 Å². The third kappa shape index (κ3) is 3.15. The molecule has 0 amide bonds. The molecule has 17 heavy (non-hydrogen) atoms. The molecule has 0 aromatic heterocycles. The van der Waals surface area contributed by atoms with Crippen molar-refractivity contribution >= 4 is 28.9 Å². The predicted molar refractivity (Wildman–Crippen MR) is 75.0 cm³/mol. The molecular formula is C14H13Cl2N. The van der Waals surface area contributed by atoms with Crippen molar-refractivity contribution in [1.29, 1.82) is 0 Å². The van der Waals surface area contributed by atoms with Crippen LogP contribution < -0.4 is 5.32 Å². The smallest absolute Gasteiger partial charge is 0.0640 e. The standard InChI is InChI=1S/C14H13Cl2N/c1-10-3-2-4-13(16)14(10)17-9-11-5-7-12(15)8-6-11/h2-8,17H,9H2,1H3. The molecule has 0 bridgehead atoms. The van der Waals surface area contributed by atoms with Gasteiger partial charge in [-0.2, -0.15) is 0 Å². The van der Waals surface area contributed by atoms with Crippen molar-refractivity contribution in [2.24, 2.45) is 0 Å². The van der Waals surface area contributed by atoms with E-state index in [0.717, 1.165) is 27.8 Å². The first-order valence-electron chi connectivity index (χ1n) is 5.40. The van der Waals surface area contributed by atoms with Gasteiger partial charge in [0.25, 0.3) is 0 Å². The molecule has 0 aliphatic carbocycles. The van der Waals surface area contributed by atoms with Crippen LogP contribution in [-0.4, -0.2) is 0 Å². The Labute approximate surface area is 111 Å². The fourth-order valence-corrected chi connectivity index (χ4v) is 2.06. The Balaban J connectivity index is 2.10. The van der Waals surface area contributed by atoms with Crippen LogP contribution >= 0.6 is 23.2 Å². The molecule has 0 aliphatic heterocycles. The highest BCUT2D eigenvalue weighted by atomic mass is 35.5. The van der Waals surface area contributed by atoms with Crippen LogP contribution in [0, 0.1) is 6.92 Å². The van der Waals surface area contributed by atoms with Crippen molar-refractivity contribution in [1.82, 2.24) is 0 Å². The summed E-state index contributed by atoms with van der Waals surface area (Å²) in [4.78, 5) is 0. The fraction of sp³-hybridized carbons (Fsp3) is 0.143. The van der Waals surface area contributed by atoms with Crippen LogP contribution in [0.15, 0.2) is 42.5 Å². The number of halogens is 2. The van der Waals surface area contributed by atoms with Gasteiger partial charge in [0.15, 0.2) is 0 Å². The first kappa shape index (κ1) is 12.3. The highest BCUT2D eigenvalue weighted by Crippen LogP contribution is 2.25. The van der Waals surface area contributed by atoms with E-state index in [4.69, 9.17) is 23.2 Å². The first-order valence-corrected chi connectivity index (χ1v) is 6.16. The van der Waals surface area contributed by atoms with Crippen molar-refractivity contribution in [2.45, 2.75) is 13.5 Å². The molecule has 2 rings (SSSR count). The normalized spacial score (nSPS) is 10.3. The lowest BCUT2D eigenvalue weighted by atomic mass is 10.2. The Hall–Kier alpha value is -1.18. The van der Waals surface area contributed by atoms with Gasteiger partial charge in [-0.3, -0.25) is 0 Å². The fourth-order valence-electron chi connectivity index (χ4n) is 1.65. The maximum absolute atomic E-state index is 6.14. The van der Waals surface area contributed by atoms with Gasteiger partial charge in [0.1, 0.15) is 0 Å². The summed E-state index contributed by atoms with van der Waals surface area (Å²) in [6, 6.07) is 13.7. The minimum atomic E-state index is 0.738. The van der Waals surface area contributed by atoms with E-state index in [2.05, 4.69) is 5.32 Å². The molecule has 1 N–H and O–H groups in total. The van der Waals surface area contributed by atoms with Crippen LogP contribution in [0.25, 0.3) is 0 Å². The molecule has 88 valence electrons. The molecule has 0 spiro atoms. The summed E-state index contributed by atoms with van der Waals surface area (Å²) in [7, 11) is 0. The van der Waals surface area contributed by atoms with Crippen molar-refractivity contribution < 1.29 is 0 Å². The lowest BCUT2D eigenvalue weighted by molar-refractivity contribution is 1.14. The molecule has 0 aliphatic rings. The monoisotopic (exact) mass is 265 g/mol. The van der Waals surface area contributed by atoms with E-state index < -0.39 is 0 Å². The molecule has 0 saturated heterocycles. The Kier molecular flexibility index (Phi) is 3.93. The van der Waals surface area contributed by atoms with Gasteiger partial charge in [0.2, 0.25) is 0 Å². The number of nitrogens with one attached hydrogen (secondary N) is 1. The van der Waals surface area contributed by atoms with Crippen LogP contribution in [0.5, 0.6) is 0 Å². The summed E-state index contributed by atoms with van der Waals surface area (Å²) >= 11 is 12.0. The SMILES string of the molecule is Cc1cccc(Cl)c1NCc1ccc(Cl)cc1. The molecule has 2 aromatic rings. The van der Waals surface area contributed by atoms with Gasteiger partial charge >= 0.3 is 0 Å². The van der Waals surface area contributed by atoms with E-state index in [1.165, 1.54) is 5.56 Å². The Morgan fingerprint density at radius 3 is 2.35 bits per heavy atom. The molecule has 0 atom stereocenters. The molecule has 0 fully saturated rings. The van der Waals surface area contributed by atoms with Crippen LogP contribution in [0.2, 0.25) is 10.0 Å². The zero-order valence-electron chi connectivity index (χ0n) is 9.50. The highest BCUT2D eigenvalue weighted by Gasteiger charge is 2.02. The summed E-state index contributed by atoms with van der Waals surface area (Å²) in [5, 5.41) is 4.84. The second-order valence-electron chi connectivity index (χ2n) is 3.91. The average molecular weight is 266 g/mol. The van der Waals surface area contributed by atoms with E-state index in [1.807, 2.05) is 49.4 Å². The topological polar surface area (TPSA) is 12.0 Å². The van der Waals surface area contributed by atoms with Crippen molar-refractivity contribution in [3.05, 3.63) is 63.6 Å². The van der Waals surface area contributed by atoms with Gasteiger partial charge in [0.05, 0.1) is 10.7 Å². The van der Waals surface area contributed by atoms with Gasteiger partial charge in [-0.05, 0) is 36.2 Å². The lowest BCUT2D eigenvalue weighted by Crippen LogP contribution is -2.01. The molecule has 0 saturated carbocycles. The van der Waals surface area contributed by atoms with Crippen molar-refractivity contribution in [3.8, 4) is 0 Å². The van der Waals surface area contributed by atoms with E-state index in [0.29, 0.717) is 0 Å². The third-order valence-electron chi connectivity index (χ3n) is 2.60. The maximum atomic E-state index is 6.14. The molecule has 0 radical (unpaired) electrons. The molecule has 3 heteroatoms. The zero-order chi connectivity index (χ0) is 12.3. The van der Waals surface area contributed by atoms with Crippen LogP contribution in [0.4, 0.5) is 5.69 Å². The number of rotatable bonds is 3. The summed E-state index contributed by atoms with van der Waals surface area (Å²) in [6.45, 7) is 2.78. The quantitative estimate of drug-likeness (QED) is 0.831. The molecular weight excluding hydrogens is 253 g/mol. The summed E-state index contributed by atoms with van der Waals surface area (Å²) in [5.41, 5.74) is 3.31. The zero-order valence-corrected chi connectivity index (χ0v) is 11.0. The van der Waals surface area contributed by atoms with Crippen molar-refractivity contribution in [3.63, 3.8) is 0 Å². The first-order chi connectivity index (χ1) is 8.16. The second kappa shape index (κ2) is 5.44. The molecule has 0 heterocycles. The predicted octanol–water partition coefficient (Wildman–Crippen LogP) is 4.91. The van der Waals surface area contributed by atoms with Crippen LogP contribution in [0.3, 0.4) is 0 Å². The van der Waals surface area contributed by atoms with Gasteiger partial charge in [0, 0.05) is 11.6 Å². The molecule has 1 nitrogen and oxygen atoms in total. The minimum Gasteiger partial charge on any atom is -0.380 e. The number of benzene rings is 2. The van der Waals surface area contributed by atoms with Gasteiger partial charge < -0.3 is 5.32 Å². The van der Waals surface area contributed by atoms with E-state index in [1.54, 1.807) is 0 Å². The van der Waals surface area contributed by atoms with Gasteiger partial charge in [-0.15, -0.1) is 0 Å². The number of hydrogen-bond donors (Lipinski definition) is 1. The Morgan fingerprint density at radius 2 is 1.71 bits per heavy atom. The van der Waals surface area contributed by atoms with Crippen LogP contribution in [-0.2, 0) is 6.54 Å². The Morgan fingerprint density at radius 1 is 1.00 bits per heavy atom. The maximum Gasteiger partial charge on any atom is 0.0640 e. The average Bonchev–Trinajstić information content (AvgIpc) is 2.31. The van der Waals surface area contributed by atoms with Gasteiger partial charge in [-0.25, -0.2) is 0 Å². The van der Waals surface area contributed by atoms with E-state index in [9.17, 15) is 0 Å². The number of para-hydroxylation sites is 1. The van der Waals surface area contributed by atoms with Gasteiger partial charge in [-0.1, -0.05) is 47.5 Å². The van der Waals surface area contributed by atoms with E-state index >= 15 is 0 Å². The largest absolute Gasteiger partial charge is 0.380 e. The Bertz CT molecular complexity index is 486.